The van der Waals surface area contributed by atoms with Gasteiger partial charge in [0.1, 0.15) is 5.82 Å². The molecule has 0 aliphatic rings. The molecule has 0 amide bonds. The number of hydrogen-bond acceptors (Lipinski definition) is 3. The van der Waals surface area contributed by atoms with E-state index in [0.717, 1.165) is 10.4 Å². The van der Waals surface area contributed by atoms with Gasteiger partial charge < -0.3 is 9.67 Å². The molecule has 2 heterocycles. The predicted octanol–water partition coefficient (Wildman–Crippen LogP) is 3.94. The molecule has 0 aliphatic heterocycles. The van der Waals surface area contributed by atoms with Crippen molar-refractivity contribution in [2.75, 3.05) is 0 Å². The Labute approximate surface area is 136 Å². The van der Waals surface area contributed by atoms with E-state index in [1.165, 1.54) is 0 Å². The van der Waals surface area contributed by atoms with Crippen molar-refractivity contribution < 1.29 is 9.90 Å². The molecule has 1 aromatic carbocycles. The zero-order chi connectivity index (χ0) is 15.5. The third-order valence-corrected chi connectivity index (χ3v) is 4.43. The number of hydrogen-bond donors (Lipinski definition) is 1. The Balaban J connectivity index is 2.11. The minimum Gasteiger partial charge on any atom is -0.481 e. The van der Waals surface area contributed by atoms with Gasteiger partial charge in [-0.15, -0.1) is 11.3 Å². The van der Waals surface area contributed by atoms with E-state index in [0.29, 0.717) is 18.1 Å². The van der Waals surface area contributed by atoms with Crippen LogP contribution in [0.25, 0.3) is 11.4 Å². The number of imidazole rings is 1. The third kappa shape index (κ3) is 3.05. The maximum absolute atomic E-state index is 11.1. The fourth-order valence-corrected chi connectivity index (χ4v) is 3.25. The summed E-state index contributed by atoms with van der Waals surface area (Å²) in [6, 6.07) is 13.6. The number of aliphatic carboxylic acids is 1. The van der Waals surface area contributed by atoms with E-state index in [1.807, 2.05) is 52.4 Å². The summed E-state index contributed by atoms with van der Waals surface area (Å²) in [6.45, 7) is 0.560. The first-order valence-corrected chi connectivity index (χ1v) is 7.95. The molecule has 6 heteroatoms. The van der Waals surface area contributed by atoms with Gasteiger partial charge in [-0.25, -0.2) is 4.98 Å². The molecule has 0 unspecified atom stereocenters. The van der Waals surface area contributed by atoms with E-state index in [-0.39, 0.29) is 11.6 Å². The van der Waals surface area contributed by atoms with Crippen LogP contribution in [0.5, 0.6) is 0 Å². The van der Waals surface area contributed by atoms with E-state index in [1.54, 1.807) is 11.3 Å². The number of carboxylic acid groups (broad SMARTS) is 1. The van der Waals surface area contributed by atoms with E-state index in [2.05, 4.69) is 4.98 Å². The molecular formula is C16H13ClN2O2S. The van der Waals surface area contributed by atoms with Crippen LogP contribution in [0.2, 0.25) is 5.15 Å². The highest BCUT2D eigenvalue weighted by Crippen LogP contribution is 2.27. The lowest BCUT2D eigenvalue weighted by Crippen LogP contribution is -2.10. The van der Waals surface area contributed by atoms with Gasteiger partial charge in [-0.05, 0) is 11.4 Å². The molecule has 22 heavy (non-hydrogen) atoms. The molecule has 2 aromatic heterocycles. The Bertz CT molecular complexity index is 782. The van der Waals surface area contributed by atoms with Gasteiger partial charge >= 0.3 is 5.97 Å². The lowest BCUT2D eigenvalue weighted by Gasteiger charge is -2.10. The summed E-state index contributed by atoms with van der Waals surface area (Å²) >= 11 is 7.81. The van der Waals surface area contributed by atoms with Gasteiger partial charge in [0, 0.05) is 10.4 Å². The summed E-state index contributed by atoms with van der Waals surface area (Å²) in [5, 5.41) is 11.4. The van der Waals surface area contributed by atoms with Crippen LogP contribution < -0.4 is 0 Å². The molecule has 4 nitrogen and oxygen atoms in total. The second-order valence-corrected chi connectivity index (χ2v) is 6.17. The minimum atomic E-state index is -0.922. The average Bonchev–Trinajstić information content (AvgIpc) is 3.11. The topological polar surface area (TPSA) is 55.1 Å². The van der Waals surface area contributed by atoms with Crippen molar-refractivity contribution in [1.82, 2.24) is 9.55 Å². The Hall–Kier alpha value is -2.11. The molecule has 1 N–H and O–H groups in total. The summed E-state index contributed by atoms with van der Waals surface area (Å²) in [5.74, 6) is -0.232. The molecule has 0 fully saturated rings. The third-order valence-electron chi connectivity index (χ3n) is 3.27. The summed E-state index contributed by atoms with van der Waals surface area (Å²) in [4.78, 5) is 16.6. The Morgan fingerprint density at radius 1 is 1.23 bits per heavy atom. The van der Waals surface area contributed by atoms with Crippen LogP contribution in [-0.4, -0.2) is 20.6 Å². The Kier molecular flexibility index (Phi) is 4.27. The number of thiophene rings is 1. The Morgan fingerprint density at radius 2 is 2.00 bits per heavy atom. The quantitative estimate of drug-likeness (QED) is 0.770. The maximum atomic E-state index is 11.1. The van der Waals surface area contributed by atoms with Crippen LogP contribution in [-0.2, 0) is 17.8 Å². The van der Waals surface area contributed by atoms with Crippen molar-refractivity contribution in [3.63, 3.8) is 0 Å². The second kappa shape index (κ2) is 6.34. The predicted molar refractivity (Wildman–Crippen MR) is 87.4 cm³/mol. The SMILES string of the molecule is O=C(O)Cc1c(Cl)nc(-c2ccccc2)n1Cc1cccs1. The second-order valence-electron chi connectivity index (χ2n) is 4.77. The number of rotatable bonds is 5. The number of nitrogens with zero attached hydrogens (tertiary/aromatic N) is 2. The fourth-order valence-electron chi connectivity index (χ4n) is 2.30. The van der Waals surface area contributed by atoms with Crippen molar-refractivity contribution in [1.29, 1.82) is 0 Å². The van der Waals surface area contributed by atoms with Crippen LogP contribution >= 0.6 is 22.9 Å². The zero-order valence-corrected chi connectivity index (χ0v) is 13.1. The summed E-state index contributed by atoms with van der Waals surface area (Å²) in [5.41, 5.74) is 1.44. The minimum absolute atomic E-state index is 0.149. The monoisotopic (exact) mass is 332 g/mol. The summed E-state index contributed by atoms with van der Waals surface area (Å²) in [7, 11) is 0. The normalized spacial score (nSPS) is 10.8. The molecule has 0 aliphatic carbocycles. The molecule has 3 rings (SSSR count). The number of carboxylic acids is 1. The lowest BCUT2D eigenvalue weighted by atomic mass is 10.2. The zero-order valence-electron chi connectivity index (χ0n) is 11.6. The van der Waals surface area contributed by atoms with Gasteiger partial charge in [0.2, 0.25) is 0 Å². The first-order valence-electron chi connectivity index (χ1n) is 6.69. The van der Waals surface area contributed by atoms with Gasteiger partial charge in [-0.2, -0.15) is 0 Å². The van der Waals surface area contributed by atoms with Crippen LogP contribution in [0.3, 0.4) is 0 Å². The number of carbonyl (C=O) groups is 1. The number of benzene rings is 1. The first kappa shape index (κ1) is 14.8. The van der Waals surface area contributed by atoms with Crippen molar-refractivity contribution in [2.24, 2.45) is 0 Å². The highest BCUT2D eigenvalue weighted by atomic mass is 35.5. The summed E-state index contributed by atoms with van der Waals surface area (Å²) < 4.78 is 1.89. The highest BCUT2D eigenvalue weighted by molar-refractivity contribution is 7.09. The molecule has 0 atom stereocenters. The van der Waals surface area contributed by atoms with Crippen LogP contribution in [0.4, 0.5) is 0 Å². The van der Waals surface area contributed by atoms with Gasteiger partial charge in [0.15, 0.2) is 5.15 Å². The van der Waals surface area contributed by atoms with E-state index >= 15 is 0 Å². The van der Waals surface area contributed by atoms with E-state index < -0.39 is 5.97 Å². The fraction of sp³-hybridized carbons (Fsp3) is 0.125. The van der Waals surface area contributed by atoms with Crippen LogP contribution in [0.15, 0.2) is 47.8 Å². The van der Waals surface area contributed by atoms with E-state index in [9.17, 15) is 4.79 Å². The molecule has 0 saturated carbocycles. The Morgan fingerprint density at radius 3 is 2.64 bits per heavy atom. The van der Waals surface area contributed by atoms with Crippen molar-refractivity contribution in [3.05, 3.63) is 63.6 Å². The molecule has 0 saturated heterocycles. The standard InChI is InChI=1S/C16H13ClN2O2S/c17-15-13(9-14(20)21)19(10-12-7-4-8-22-12)16(18-15)11-5-2-1-3-6-11/h1-8H,9-10H2,(H,20,21). The highest BCUT2D eigenvalue weighted by Gasteiger charge is 2.19. The van der Waals surface area contributed by atoms with Gasteiger partial charge in [0.25, 0.3) is 0 Å². The van der Waals surface area contributed by atoms with Gasteiger partial charge in [0.05, 0.1) is 18.7 Å². The van der Waals surface area contributed by atoms with Crippen LogP contribution in [0, 0.1) is 0 Å². The lowest BCUT2D eigenvalue weighted by molar-refractivity contribution is -0.136. The van der Waals surface area contributed by atoms with Gasteiger partial charge in [-0.3, -0.25) is 4.79 Å². The van der Waals surface area contributed by atoms with Crippen molar-refractivity contribution in [2.45, 2.75) is 13.0 Å². The molecule has 0 radical (unpaired) electrons. The van der Waals surface area contributed by atoms with Crippen LogP contribution in [0.1, 0.15) is 10.6 Å². The van der Waals surface area contributed by atoms with Crippen molar-refractivity contribution >= 4 is 28.9 Å². The number of halogens is 1. The number of aromatic nitrogens is 2. The van der Waals surface area contributed by atoms with Gasteiger partial charge in [-0.1, -0.05) is 48.0 Å². The smallest absolute Gasteiger partial charge is 0.309 e. The summed E-state index contributed by atoms with van der Waals surface area (Å²) in [6.07, 6.45) is -0.149. The van der Waals surface area contributed by atoms with E-state index in [4.69, 9.17) is 16.7 Å². The molecule has 0 bridgehead atoms. The van der Waals surface area contributed by atoms with Crippen molar-refractivity contribution in [3.8, 4) is 11.4 Å². The molecule has 3 aromatic rings. The molecule has 112 valence electrons. The first-order chi connectivity index (χ1) is 10.6. The largest absolute Gasteiger partial charge is 0.481 e. The average molecular weight is 333 g/mol. The maximum Gasteiger partial charge on any atom is 0.309 e. The molecular weight excluding hydrogens is 320 g/mol. The molecule has 0 spiro atoms.